The van der Waals surface area contributed by atoms with Crippen LogP contribution in [0.3, 0.4) is 0 Å². The molecule has 24 heavy (non-hydrogen) atoms. The van der Waals surface area contributed by atoms with Crippen molar-refractivity contribution < 1.29 is 13.2 Å². The average molecular weight is 348 g/mol. The highest BCUT2D eigenvalue weighted by Gasteiger charge is 2.30. The lowest BCUT2D eigenvalue weighted by molar-refractivity contribution is -0.137. The molecule has 1 aliphatic heterocycles. The Bertz CT molecular complexity index is 939. The molecule has 0 aromatic heterocycles. The van der Waals surface area contributed by atoms with Gasteiger partial charge in [-0.1, -0.05) is 42.5 Å². The molecule has 0 bridgehead atoms. The first kappa shape index (κ1) is 16.4. The van der Waals surface area contributed by atoms with Gasteiger partial charge in [0.15, 0.2) is 0 Å². The highest BCUT2D eigenvalue weighted by Crippen LogP contribution is 2.37. The minimum Gasteiger partial charge on any atom is -0.354 e. The molecule has 3 aromatic carbocycles. The summed E-state index contributed by atoms with van der Waals surface area (Å²) in [5, 5.41) is 5.44. The second kappa shape index (κ2) is 5.87. The van der Waals surface area contributed by atoms with Crippen LogP contribution in [0.4, 0.5) is 18.9 Å². The third-order valence-electron chi connectivity index (χ3n) is 4.01. The highest BCUT2D eigenvalue weighted by molar-refractivity contribution is 6.09. The SMILES string of the molecule is Cl.FC(F)(F)c1cccc(C2=Cc3cccc4cccc(c34)N2)c1. The van der Waals surface area contributed by atoms with Crippen molar-refractivity contribution in [2.45, 2.75) is 6.18 Å². The van der Waals surface area contributed by atoms with E-state index in [4.69, 9.17) is 0 Å². The summed E-state index contributed by atoms with van der Waals surface area (Å²) in [5.74, 6) is 0. The van der Waals surface area contributed by atoms with Crippen molar-refractivity contribution in [3.05, 3.63) is 77.4 Å². The summed E-state index contributed by atoms with van der Waals surface area (Å²) in [6.07, 6.45) is -2.45. The maximum atomic E-state index is 12.9. The standard InChI is InChI=1S/C19H12F3N.ClH/c20-19(21,22)15-8-2-6-13(10-15)17-11-14-7-1-4-12-5-3-9-16(23-17)18(12)14;/h1-11,23H;1H. The first-order chi connectivity index (χ1) is 11.0. The molecule has 5 heteroatoms. The molecular weight excluding hydrogens is 335 g/mol. The van der Waals surface area contributed by atoms with Crippen LogP contribution in [0, 0.1) is 0 Å². The van der Waals surface area contributed by atoms with Crippen molar-refractivity contribution in [3.63, 3.8) is 0 Å². The summed E-state index contributed by atoms with van der Waals surface area (Å²) in [6.45, 7) is 0. The minimum absolute atomic E-state index is 0. The van der Waals surface area contributed by atoms with E-state index < -0.39 is 11.7 Å². The van der Waals surface area contributed by atoms with Gasteiger partial charge in [-0.05, 0) is 40.8 Å². The molecule has 0 unspecified atom stereocenters. The summed E-state index contributed by atoms with van der Waals surface area (Å²) < 4.78 is 38.8. The normalized spacial score (nSPS) is 13.0. The van der Waals surface area contributed by atoms with Crippen molar-refractivity contribution in [2.75, 3.05) is 5.32 Å². The molecule has 1 nitrogen and oxygen atoms in total. The van der Waals surface area contributed by atoms with Crippen molar-refractivity contribution in [1.82, 2.24) is 0 Å². The topological polar surface area (TPSA) is 12.0 Å². The Hall–Kier alpha value is -2.46. The van der Waals surface area contributed by atoms with Gasteiger partial charge in [-0.15, -0.1) is 12.4 Å². The molecule has 1 aliphatic rings. The lowest BCUT2D eigenvalue weighted by Gasteiger charge is -2.21. The quantitative estimate of drug-likeness (QED) is 0.552. The van der Waals surface area contributed by atoms with E-state index in [0.29, 0.717) is 11.3 Å². The van der Waals surface area contributed by atoms with E-state index in [9.17, 15) is 13.2 Å². The third-order valence-corrected chi connectivity index (χ3v) is 4.01. The molecule has 1 heterocycles. The molecule has 0 aliphatic carbocycles. The highest BCUT2D eigenvalue weighted by atomic mass is 35.5. The molecule has 4 rings (SSSR count). The zero-order valence-corrected chi connectivity index (χ0v) is 13.2. The predicted molar refractivity (Wildman–Crippen MR) is 94.1 cm³/mol. The minimum atomic E-state index is -4.34. The Morgan fingerprint density at radius 2 is 1.54 bits per heavy atom. The first-order valence-electron chi connectivity index (χ1n) is 7.20. The van der Waals surface area contributed by atoms with Gasteiger partial charge in [-0.3, -0.25) is 0 Å². The Balaban J connectivity index is 0.00000169. The number of rotatable bonds is 1. The summed E-state index contributed by atoms with van der Waals surface area (Å²) in [5.41, 5.74) is 2.46. The third kappa shape index (κ3) is 2.74. The van der Waals surface area contributed by atoms with Gasteiger partial charge in [0.2, 0.25) is 0 Å². The molecule has 3 aromatic rings. The zero-order chi connectivity index (χ0) is 16.0. The molecule has 0 radical (unpaired) electrons. The summed E-state index contributed by atoms with van der Waals surface area (Å²) in [6, 6.07) is 17.2. The van der Waals surface area contributed by atoms with E-state index in [0.717, 1.165) is 28.1 Å². The Morgan fingerprint density at radius 3 is 2.29 bits per heavy atom. The second-order valence-electron chi connectivity index (χ2n) is 5.51. The van der Waals surface area contributed by atoms with Crippen molar-refractivity contribution in [1.29, 1.82) is 0 Å². The molecule has 0 spiro atoms. The number of hydrogen-bond donors (Lipinski definition) is 1. The zero-order valence-electron chi connectivity index (χ0n) is 12.4. The van der Waals surface area contributed by atoms with Crippen molar-refractivity contribution in [2.24, 2.45) is 0 Å². The summed E-state index contributed by atoms with van der Waals surface area (Å²) >= 11 is 0. The molecule has 1 N–H and O–H groups in total. The molecule has 0 saturated heterocycles. The van der Waals surface area contributed by atoms with Gasteiger partial charge in [0.05, 0.1) is 5.56 Å². The monoisotopic (exact) mass is 347 g/mol. The lowest BCUT2D eigenvalue weighted by Crippen LogP contribution is -2.08. The predicted octanol–water partition coefficient (Wildman–Crippen LogP) is 6.20. The number of halogens is 4. The van der Waals surface area contributed by atoms with Crippen LogP contribution in [0.15, 0.2) is 60.7 Å². The van der Waals surface area contributed by atoms with Gasteiger partial charge in [0.1, 0.15) is 0 Å². The van der Waals surface area contributed by atoms with Gasteiger partial charge < -0.3 is 5.32 Å². The van der Waals surface area contributed by atoms with E-state index in [2.05, 4.69) is 5.32 Å². The molecular formula is C19H13ClF3N. The maximum Gasteiger partial charge on any atom is 0.416 e. The smallest absolute Gasteiger partial charge is 0.354 e. The fraction of sp³-hybridized carbons (Fsp3) is 0.0526. The van der Waals surface area contributed by atoms with Gasteiger partial charge in [-0.2, -0.15) is 13.2 Å². The van der Waals surface area contributed by atoms with Gasteiger partial charge in [-0.25, -0.2) is 0 Å². The van der Waals surface area contributed by atoms with Crippen LogP contribution >= 0.6 is 12.4 Å². The number of hydrogen-bond acceptors (Lipinski definition) is 1. The van der Waals surface area contributed by atoms with Gasteiger partial charge >= 0.3 is 6.18 Å². The summed E-state index contributed by atoms with van der Waals surface area (Å²) in [7, 11) is 0. The van der Waals surface area contributed by atoms with E-state index in [1.807, 2.05) is 42.5 Å². The Morgan fingerprint density at radius 1 is 0.833 bits per heavy atom. The molecule has 0 amide bonds. The van der Waals surface area contributed by atoms with E-state index in [1.54, 1.807) is 6.07 Å². The van der Waals surface area contributed by atoms with Crippen LogP contribution in [-0.4, -0.2) is 0 Å². The van der Waals surface area contributed by atoms with E-state index in [-0.39, 0.29) is 12.4 Å². The van der Waals surface area contributed by atoms with Gasteiger partial charge in [0, 0.05) is 16.8 Å². The number of nitrogens with one attached hydrogen (secondary N) is 1. The Labute approximate surface area is 143 Å². The number of alkyl halides is 3. The summed E-state index contributed by atoms with van der Waals surface area (Å²) in [4.78, 5) is 0. The second-order valence-corrected chi connectivity index (χ2v) is 5.51. The van der Waals surface area contributed by atoms with Crippen LogP contribution in [0.5, 0.6) is 0 Å². The van der Waals surface area contributed by atoms with E-state index >= 15 is 0 Å². The molecule has 0 saturated carbocycles. The van der Waals surface area contributed by atoms with Crippen LogP contribution in [0.2, 0.25) is 0 Å². The largest absolute Gasteiger partial charge is 0.416 e. The lowest BCUT2D eigenvalue weighted by atomic mass is 9.96. The van der Waals surface area contributed by atoms with Crippen molar-refractivity contribution in [3.8, 4) is 0 Å². The average Bonchev–Trinajstić information content (AvgIpc) is 2.55. The van der Waals surface area contributed by atoms with Crippen LogP contribution in [0.25, 0.3) is 22.5 Å². The van der Waals surface area contributed by atoms with Crippen LogP contribution in [0.1, 0.15) is 16.7 Å². The van der Waals surface area contributed by atoms with Gasteiger partial charge in [0.25, 0.3) is 0 Å². The van der Waals surface area contributed by atoms with Crippen LogP contribution in [-0.2, 0) is 6.18 Å². The van der Waals surface area contributed by atoms with Crippen LogP contribution < -0.4 is 5.32 Å². The number of anilines is 1. The molecule has 122 valence electrons. The fourth-order valence-corrected chi connectivity index (χ4v) is 2.95. The molecule has 0 atom stereocenters. The fourth-order valence-electron chi connectivity index (χ4n) is 2.95. The number of benzene rings is 3. The first-order valence-corrected chi connectivity index (χ1v) is 7.20. The maximum absolute atomic E-state index is 12.9. The van der Waals surface area contributed by atoms with E-state index in [1.165, 1.54) is 12.1 Å². The molecule has 0 fully saturated rings. The Kier molecular flexibility index (Phi) is 4.01. The van der Waals surface area contributed by atoms with Crippen molar-refractivity contribution >= 4 is 40.6 Å².